The van der Waals surface area contributed by atoms with Crippen LogP contribution in [-0.2, 0) is 32.2 Å². The van der Waals surface area contributed by atoms with Crippen molar-refractivity contribution < 1.29 is 14.3 Å². The summed E-state index contributed by atoms with van der Waals surface area (Å²) >= 11 is 8.15. The summed E-state index contributed by atoms with van der Waals surface area (Å²) in [5.74, 6) is 3.46. The molecule has 0 amide bonds. The molecule has 7 nitrogen and oxygen atoms in total. The molecule has 0 aliphatic heterocycles. The maximum absolute atomic E-state index is 14.0. The van der Waals surface area contributed by atoms with E-state index >= 15 is 0 Å². The Morgan fingerprint density at radius 2 is 1.57 bits per heavy atom. The van der Waals surface area contributed by atoms with Gasteiger partial charge in [0.15, 0.2) is 23.1 Å². The van der Waals surface area contributed by atoms with Gasteiger partial charge in [0.2, 0.25) is 0 Å². The predicted octanol–water partition coefficient (Wildman–Crippen LogP) is 8.20. The molecule has 5 rings (SSSR count). The van der Waals surface area contributed by atoms with Gasteiger partial charge in [0.25, 0.3) is 0 Å². The Morgan fingerprint density at radius 1 is 0.872 bits per heavy atom. The standard InChI is InChI=1S/C38H43ClN4O3S/c1-25(2)21-28-13-11-27(12-14-28)15-17-30-23-32(37(44)31-9-7-8-10-33(31)39)38(47-30)43-26(3)40-41-36(43)24-42(4)20-19-29-16-18-34(45-5)35(22-29)46-6/h7-14,16,18,22-23,25H,15,17,19-21,24H2,1-6H3. The second kappa shape index (κ2) is 15.7. The monoisotopic (exact) mass is 670 g/mol. The van der Waals surface area contributed by atoms with E-state index in [1.165, 1.54) is 11.1 Å². The fourth-order valence-electron chi connectivity index (χ4n) is 5.70. The van der Waals surface area contributed by atoms with E-state index in [1.807, 2.05) is 41.8 Å². The lowest BCUT2D eigenvalue weighted by molar-refractivity contribution is 0.103. The van der Waals surface area contributed by atoms with Crippen molar-refractivity contribution in [1.82, 2.24) is 19.7 Å². The molecule has 0 bridgehead atoms. The molecule has 47 heavy (non-hydrogen) atoms. The molecule has 0 unspecified atom stereocenters. The fourth-order valence-corrected chi connectivity index (χ4v) is 7.15. The zero-order chi connectivity index (χ0) is 33.5. The summed E-state index contributed by atoms with van der Waals surface area (Å²) in [6.45, 7) is 7.76. The van der Waals surface area contributed by atoms with Gasteiger partial charge >= 0.3 is 0 Å². The molecule has 0 fully saturated rings. The average molecular weight is 671 g/mol. The number of carbonyl (C=O) groups is 1. The summed E-state index contributed by atoms with van der Waals surface area (Å²) in [5, 5.41) is 10.3. The second-order valence-corrected chi connectivity index (χ2v) is 13.9. The number of aromatic nitrogens is 3. The number of hydrogen-bond donors (Lipinski definition) is 0. The highest BCUT2D eigenvalue weighted by molar-refractivity contribution is 7.15. The van der Waals surface area contributed by atoms with Gasteiger partial charge in [0.1, 0.15) is 10.8 Å². The summed E-state index contributed by atoms with van der Waals surface area (Å²) in [4.78, 5) is 17.4. The van der Waals surface area contributed by atoms with Gasteiger partial charge in [-0.3, -0.25) is 14.3 Å². The summed E-state index contributed by atoms with van der Waals surface area (Å²) < 4.78 is 12.9. The zero-order valence-electron chi connectivity index (χ0n) is 28.0. The Kier molecular flexibility index (Phi) is 11.5. The number of ketones is 1. The predicted molar refractivity (Wildman–Crippen MR) is 191 cm³/mol. The van der Waals surface area contributed by atoms with Crippen molar-refractivity contribution in [2.45, 2.75) is 53.0 Å². The maximum Gasteiger partial charge on any atom is 0.197 e. The smallest absolute Gasteiger partial charge is 0.197 e. The first-order valence-electron chi connectivity index (χ1n) is 16.0. The third kappa shape index (κ3) is 8.49. The Labute approximate surface area is 287 Å². The highest BCUT2D eigenvalue weighted by atomic mass is 35.5. The van der Waals surface area contributed by atoms with Crippen molar-refractivity contribution >= 4 is 28.7 Å². The minimum absolute atomic E-state index is 0.105. The largest absolute Gasteiger partial charge is 0.493 e. The molecule has 5 aromatic rings. The molecule has 0 N–H and O–H groups in total. The molecule has 0 aliphatic rings. The van der Waals surface area contributed by atoms with Gasteiger partial charge in [-0.15, -0.1) is 21.5 Å². The Bertz CT molecular complexity index is 1810. The molecule has 0 spiro atoms. The molecule has 9 heteroatoms. The minimum Gasteiger partial charge on any atom is -0.493 e. The molecule has 0 saturated heterocycles. The van der Waals surface area contributed by atoms with Crippen molar-refractivity contribution in [3.05, 3.63) is 122 Å². The third-order valence-corrected chi connectivity index (χ3v) is 9.70. The molecule has 0 atom stereocenters. The van der Waals surface area contributed by atoms with E-state index in [-0.39, 0.29) is 5.78 Å². The van der Waals surface area contributed by atoms with Crippen LogP contribution >= 0.6 is 22.9 Å². The molecular weight excluding hydrogens is 628 g/mol. The highest BCUT2D eigenvalue weighted by Crippen LogP contribution is 2.33. The summed E-state index contributed by atoms with van der Waals surface area (Å²) in [7, 11) is 5.35. The van der Waals surface area contributed by atoms with E-state index in [2.05, 4.69) is 66.3 Å². The zero-order valence-corrected chi connectivity index (χ0v) is 29.6. The lowest BCUT2D eigenvalue weighted by atomic mass is 10.00. The van der Waals surface area contributed by atoms with Gasteiger partial charge < -0.3 is 9.47 Å². The Balaban J connectivity index is 1.39. The number of ether oxygens (including phenoxy) is 2. The molecule has 2 aromatic heterocycles. The molecule has 0 saturated carbocycles. The van der Waals surface area contributed by atoms with Crippen LogP contribution in [-0.4, -0.2) is 53.3 Å². The van der Waals surface area contributed by atoms with Gasteiger partial charge in [0.05, 0.1) is 31.4 Å². The maximum atomic E-state index is 14.0. The number of nitrogens with zero attached hydrogens (tertiary/aromatic N) is 4. The molecule has 0 radical (unpaired) electrons. The van der Waals surface area contributed by atoms with Crippen LogP contribution in [0, 0.1) is 12.8 Å². The molecule has 3 aromatic carbocycles. The number of hydrogen-bond acceptors (Lipinski definition) is 7. The van der Waals surface area contributed by atoms with Crippen molar-refractivity contribution in [3.8, 4) is 16.5 Å². The van der Waals surface area contributed by atoms with E-state index in [0.717, 1.165) is 65.1 Å². The normalized spacial score (nSPS) is 11.4. The van der Waals surface area contributed by atoms with Gasteiger partial charge in [-0.25, -0.2) is 0 Å². The van der Waals surface area contributed by atoms with Crippen LogP contribution in [0.1, 0.15) is 63.0 Å². The van der Waals surface area contributed by atoms with Crippen LogP contribution in [0.3, 0.4) is 0 Å². The molecular formula is C38H43ClN4O3S. The number of halogens is 1. The molecule has 246 valence electrons. The van der Waals surface area contributed by atoms with E-state index in [9.17, 15) is 4.79 Å². The summed E-state index contributed by atoms with van der Waals surface area (Å²) in [6.07, 6.45) is 3.60. The quantitative estimate of drug-likeness (QED) is 0.105. The Hall–Kier alpha value is -3.98. The lowest BCUT2D eigenvalue weighted by Gasteiger charge is -2.18. The minimum atomic E-state index is -0.105. The van der Waals surface area contributed by atoms with E-state index in [1.54, 1.807) is 37.7 Å². The number of carbonyl (C=O) groups excluding carboxylic acids is 1. The highest BCUT2D eigenvalue weighted by Gasteiger charge is 2.24. The molecule has 0 aliphatic carbocycles. The first-order chi connectivity index (χ1) is 22.7. The number of benzene rings is 3. The van der Waals surface area contributed by atoms with Crippen LogP contribution in [0.5, 0.6) is 11.5 Å². The topological polar surface area (TPSA) is 69.5 Å². The molecule has 2 heterocycles. The van der Waals surface area contributed by atoms with Crippen LogP contribution in [0.2, 0.25) is 5.02 Å². The van der Waals surface area contributed by atoms with Gasteiger partial charge in [-0.05, 0) is 92.6 Å². The van der Waals surface area contributed by atoms with Crippen molar-refractivity contribution in [2.24, 2.45) is 5.92 Å². The number of thiophene rings is 1. The van der Waals surface area contributed by atoms with Crippen LogP contribution in [0.25, 0.3) is 5.00 Å². The average Bonchev–Trinajstić information content (AvgIpc) is 3.65. The number of methoxy groups -OCH3 is 2. The summed E-state index contributed by atoms with van der Waals surface area (Å²) in [6, 6.07) is 24.2. The third-order valence-electron chi connectivity index (χ3n) is 8.19. The van der Waals surface area contributed by atoms with E-state index in [0.29, 0.717) is 34.4 Å². The SMILES string of the molecule is COc1ccc(CCN(C)Cc2nnc(C)n2-c2sc(CCc3ccc(CC(C)C)cc3)cc2C(=O)c2ccccc2Cl)cc1OC. The van der Waals surface area contributed by atoms with Crippen molar-refractivity contribution in [3.63, 3.8) is 0 Å². The van der Waals surface area contributed by atoms with Gasteiger partial charge in [-0.2, -0.15) is 0 Å². The first-order valence-corrected chi connectivity index (χ1v) is 17.2. The van der Waals surface area contributed by atoms with E-state index in [4.69, 9.17) is 21.1 Å². The lowest BCUT2D eigenvalue weighted by Crippen LogP contribution is -2.23. The van der Waals surface area contributed by atoms with Gasteiger partial charge in [-0.1, -0.05) is 67.9 Å². The number of rotatable bonds is 15. The van der Waals surface area contributed by atoms with Crippen LogP contribution in [0.4, 0.5) is 0 Å². The van der Waals surface area contributed by atoms with Crippen LogP contribution in [0.15, 0.2) is 72.8 Å². The Morgan fingerprint density at radius 3 is 2.28 bits per heavy atom. The number of aryl methyl sites for hydroxylation is 3. The van der Waals surface area contributed by atoms with Crippen molar-refractivity contribution in [1.29, 1.82) is 0 Å². The van der Waals surface area contributed by atoms with Gasteiger partial charge in [0, 0.05) is 17.0 Å². The second-order valence-electron chi connectivity index (χ2n) is 12.3. The fraction of sp³-hybridized carbons (Fsp3) is 0.342. The number of likely N-dealkylation sites (N-methyl/N-ethyl adjacent to an activating group) is 1. The van der Waals surface area contributed by atoms with E-state index < -0.39 is 0 Å². The first kappa shape index (κ1) is 34.4. The van der Waals surface area contributed by atoms with Crippen molar-refractivity contribution in [2.75, 3.05) is 27.8 Å². The van der Waals surface area contributed by atoms with Crippen LogP contribution < -0.4 is 9.47 Å². The summed E-state index contributed by atoms with van der Waals surface area (Å²) in [5.41, 5.74) is 4.89.